The van der Waals surface area contributed by atoms with E-state index in [2.05, 4.69) is 17.1 Å². The molecule has 4 rings (SSSR count). The number of hydrogen-bond acceptors (Lipinski definition) is 4. The predicted octanol–water partition coefficient (Wildman–Crippen LogP) is 4.06. The first-order valence-corrected chi connectivity index (χ1v) is 12.5. The molecule has 2 N–H and O–H groups in total. The molecule has 2 atom stereocenters. The zero-order valence-electron chi connectivity index (χ0n) is 19.0. The molecule has 0 bridgehead atoms. The normalized spacial score (nSPS) is 19.2. The lowest BCUT2D eigenvalue weighted by Crippen LogP contribution is -3.09. The van der Waals surface area contributed by atoms with Gasteiger partial charge in [0.15, 0.2) is 9.84 Å². The summed E-state index contributed by atoms with van der Waals surface area (Å²) in [6.45, 7) is 7.47. The first-order chi connectivity index (χ1) is 15.0. The molecule has 1 aromatic heterocycles. The second kappa shape index (κ2) is 7.96. The summed E-state index contributed by atoms with van der Waals surface area (Å²) in [7, 11) is -3.34. The summed E-state index contributed by atoms with van der Waals surface area (Å²) < 4.78 is 24.1. The van der Waals surface area contributed by atoms with Gasteiger partial charge in [-0.25, -0.2) is 13.6 Å². The van der Waals surface area contributed by atoms with Crippen LogP contribution < -0.4 is 5.06 Å². The van der Waals surface area contributed by atoms with E-state index in [1.807, 2.05) is 56.3 Å². The maximum absolute atomic E-state index is 12.6. The summed E-state index contributed by atoms with van der Waals surface area (Å²) in [6, 6.07) is 13.9. The van der Waals surface area contributed by atoms with Gasteiger partial charge in [0.25, 0.3) is 0 Å². The van der Waals surface area contributed by atoms with Crippen molar-refractivity contribution in [2.24, 2.45) is 0 Å². The van der Waals surface area contributed by atoms with E-state index in [0.29, 0.717) is 5.06 Å². The number of rotatable bonds is 4. The number of sulfone groups is 1. The molecule has 0 fully saturated rings. The maximum Gasteiger partial charge on any atom is 0.156 e. The highest BCUT2D eigenvalue weighted by Crippen LogP contribution is 2.38. The Morgan fingerprint density at radius 2 is 1.84 bits per heavy atom. The van der Waals surface area contributed by atoms with Gasteiger partial charge < -0.3 is 0 Å². The SMILES string of the molecule is Cc1ccc(C2=C[NH+](O)C(C)C=C2)cc1-c1cc(C(C)(C)S(C)(=O)=O)cc2cccnc12. The number of hydrogen-bond donors (Lipinski definition) is 2. The largest absolute Gasteiger partial charge is 0.256 e. The molecule has 166 valence electrons. The fourth-order valence-electron chi connectivity index (χ4n) is 3.92. The van der Waals surface area contributed by atoms with E-state index in [1.54, 1.807) is 26.2 Å². The molecular weight excluding hydrogens is 420 g/mol. The Kier molecular flexibility index (Phi) is 5.57. The monoisotopic (exact) mass is 449 g/mol. The van der Waals surface area contributed by atoms with Gasteiger partial charge in [-0.2, -0.15) is 5.06 Å². The van der Waals surface area contributed by atoms with Crippen molar-refractivity contribution in [1.29, 1.82) is 0 Å². The minimum absolute atomic E-state index is 0.00622. The average Bonchev–Trinajstić information content (AvgIpc) is 2.74. The van der Waals surface area contributed by atoms with Crippen LogP contribution in [0.4, 0.5) is 0 Å². The molecule has 0 amide bonds. The molecule has 2 aromatic carbocycles. The van der Waals surface area contributed by atoms with Crippen molar-refractivity contribution in [1.82, 2.24) is 4.98 Å². The molecule has 6 heteroatoms. The van der Waals surface area contributed by atoms with Crippen LogP contribution in [0.15, 0.2) is 67.0 Å². The molecule has 0 saturated heterocycles. The van der Waals surface area contributed by atoms with Gasteiger partial charge in [0.05, 0.1) is 10.3 Å². The second-order valence-corrected chi connectivity index (χ2v) is 11.6. The second-order valence-electron chi connectivity index (χ2n) is 9.08. The van der Waals surface area contributed by atoms with Crippen LogP contribution in [0.5, 0.6) is 0 Å². The fourth-order valence-corrected chi connectivity index (χ4v) is 4.46. The van der Waals surface area contributed by atoms with Gasteiger partial charge in [-0.3, -0.25) is 4.98 Å². The van der Waals surface area contributed by atoms with Gasteiger partial charge in [-0.15, -0.1) is 0 Å². The van der Waals surface area contributed by atoms with Gasteiger partial charge in [-0.1, -0.05) is 18.2 Å². The molecule has 0 saturated carbocycles. The van der Waals surface area contributed by atoms with Crippen molar-refractivity contribution in [2.75, 3.05) is 6.26 Å². The Hall–Kier alpha value is -2.80. The molecule has 3 aromatic rings. The van der Waals surface area contributed by atoms with Crippen LogP contribution >= 0.6 is 0 Å². The summed E-state index contributed by atoms with van der Waals surface area (Å²) >= 11 is 0. The lowest BCUT2D eigenvalue weighted by Gasteiger charge is -2.25. The number of nitrogens with one attached hydrogen (secondary N) is 1. The Labute approximate surface area is 189 Å². The minimum Gasteiger partial charge on any atom is -0.256 e. The molecule has 2 unspecified atom stereocenters. The Balaban J connectivity index is 1.96. The van der Waals surface area contributed by atoms with Crippen molar-refractivity contribution in [3.8, 4) is 11.1 Å². The number of aryl methyl sites for hydroxylation is 1. The third-order valence-corrected chi connectivity index (χ3v) is 8.61. The summed E-state index contributed by atoms with van der Waals surface area (Å²) in [5.41, 5.74) is 6.44. The van der Waals surface area contributed by atoms with Crippen LogP contribution in [0, 0.1) is 6.92 Å². The topological polar surface area (TPSA) is 71.7 Å². The molecule has 2 heterocycles. The van der Waals surface area contributed by atoms with E-state index < -0.39 is 14.6 Å². The van der Waals surface area contributed by atoms with Gasteiger partial charge in [0.2, 0.25) is 0 Å². The summed E-state index contributed by atoms with van der Waals surface area (Å²) in [4.78, 5) is 4.63. The third-order valence-electron chi connectivity index (χ3n) is 6.52. The summed E-state index contributed by atoms with van der Waals surface area (Å²) in [6.07, 6.45) is 8.85. The smallest absolute Gasteiger partial charge is 0.156 e. The zero-order chi connectivity index (χ0) is 23.3. The molecule has 5 nitrogen and oxygen atoms in total. The Morgan fingerprint density at radius 1 is 1.09 bits per heavy atom. The highest BCUT2D eigenvalue weighted by molar-refractivity contribution is 7.91. The summed E-state index contributed by atoms with van der Waals surface area (Å²) in [5.74, 6) is 0. The van der Waals surface area contributed by atoms with Gasteiger partial charge >= 0.3 is 0 Å². The molecular formula is C26H29N2O3S+. The number of nitrogens with zero attached hydrogens (tertiary/aromatic N) is 1. The number of pyridine rings is 1. The first-order valence-electron chi connectivity index (χ1n) is 10.6. The Bertz CT molecular complexity index is 1370. The lowest BCUT2D eigenvalue weighted by atomic mass is 9.90. The van der Waals surface area contributed by atoms with Crippen LogP contribution in [0.25, 0.3) is 27.6 Å². The molecule has 1 aliphatic rings. The first kappa shape index (κ1) is 22.4. The minimum atomic E-state index is -3.34. The van der Waals surface area contributed by atoms with E-state index in [9.17, 15) is 13.6 Å². The predicted molar refractivity (Wildman–Crippen MR) is 129 cm³/mol. The molecule has 1 aliphatic heterocycles. The molecule has 0 radical (unpaired) electrons. The number of allylic oxidation sites excluding steroid dienone is 2. The number of aromatic nitrogens is 1. The zero-order valence-corrected chi connectivity index (χ0v) is 19.9. The fraction of sp³-hybridized carbons (Fsp3) is 0.269. The van der Waals surface area contributed by atoms with Gasteiger partial charge in [0, 0.05) is 29.0 Å². The van der Waals surface area contributed by atoms with E-state index in [1.165, 1.54) is 6.26 Å². The van der Waals surface area contributed by atoms with Gasteiger partial charge in [-0.05, 0) is 86.4 Å². The van der Waals surface area contributed by atoms with Gasteiger partial charge in [0.1, 0.15) is 12.2 Å². The van der Waals surface area contributed by atoms with Crippen LogP contribution in [-0.4, -0.2) is 30.9 Å². The molecule has 0 spiro atoms. The maximum atomic E-state index is 12.6. The van der Waals surface area contributed by atoms with Crippen LogP contribution in [0.3, 0.4) is 0 Å². The molecule has 0 aliphatic carbocycles. The standard InChI is InChI=1S/C26H28N2O3S/c1-17-8-10-19(21-11-9-18(2)28(29)16-21)14-23(17)24-15-22(26(3,4)32(5,30)31)13-20-7-6-12-27-25(20)24/h6-16,18,29H,1-5H3/p+1. The van der Waals surface area contributed by atoms with E-state index in [4.69, 9.17) is 0 Å². The van der Waals surface area contributed by atoms with Crippen molar-refractivity contribution in [2.45, 2.75) is 38.5 Å². The number of quaternary nitrogens is 1. The lowest BCUT2D eigenvalue weighted by molar-refractivity contribution is -1.06. The van der Waals surface area contributed by atoms with Crippen LogP contribution in [0.2, 0.25) is 0 Å². The van der Waals surface area contributed by atoms with Crippen molar-refractivity contribution in [3.63, 3.8) is 0 Å². The highest BCUT2D eigenvalue weighted by atomic mass is 32.2. The highest BCUT2D eigenvalue weighted by Gasteiger charge is 2.33. The van der Waals surface area contributed by atoms with Crippen LogP contribution in [0.1, 0.15) is 37.5 Å². The van der Waals surface area contributed by atoms with E-state index in [-0.39, 0.29) is 6.04 Å². The van der Waals surface area contributed by atoms with Crippen molar-refractivity contribution >= 4 is 26.3 Å². The van der Waals surface area contributed by atoms with E-state index in [0.717, 1.165) is 44.3 Å². The number of hydroxylamine groups is 2. The number of fused-ring (bicyclic) bond motifs is 1. The average molecular weight is 450 g/mol. The number of benzene rings is 2. The summed E-state index contributed by atoms with van der Waals surface area (Å²) in [5, 5.41) is 11.5. The van der Waals surface area contributed by atoms with Crippen molar-refractivity contribution in [3.05, 3.63) is 83.7 Å². The van der Waals surface area contributed by atoms with Crippen molar-refractivity contribution < 1.29 is 18.7 Å². The quantitative estimate of drug-likeness (QED) is 0.630. The molecule has 32 heavy (non-hydrogen) atoms. The third kappa shape index (κ3) is 3.90. The Morgan fingerprint density at radius 3 is 2.53 bits per heavy atom. The van der Waals surface area contributed by atoms with E-state index >= 15 is 0 Å². The van der Waals surface area contributed by atoms with Crippen LogP contribution in [-0.2, 0) is 14.6 Å².